The van der Waals surface area contributed by atoms with Gasteiger partial charge in [-0.3, -0.25) is 14.9 Å². The smallest absolute Gasteiger partial charge is 0.269 e. The first-order chi connectivity index (χ1) is 8.73. The highest BCUT2D eigenvalue weighted by Crippen LogP contribution is 2.41. The van der Waals surface area contributed by atoms with Crippen LogP contribution < -0.4 is 10.2 Å². The number of nitrogens with zero attached hydrogens (tertiary/aromatic N) is 1. The summed E-state index contributed by atoms with van der Waals surface area (Å²) in [6.07, 6.45) is -4.83. The first kappa shape index (κ1) is 13.3. The minimum absolute atomic E-state index is 0.0769. The normalized spacial score (nSPS) is 16.0. The standard InChI is InChI=1S/C10H4ClF3N2O3/c11-5-3-1-2-4(10(12,13)14)6(5)16-8(18)7(17)15-9(16)19/h1-3H,(H,15,17,19). The molecule has 1 heterocycles. The van der Waals surface area contributed by atoms with E-state index in [1.165, 1.54) is 0 Å². The number of halogens is 4. The van der Waals surface area contributed by atoms with Crippen LogP contribution in [0.2, 0.25) is 5.02 Å². The molecule has 9 heteroatoms. The number of urea groups is 1. The Bertz CT molecular complexity index is 600. The van der Waals surface area contributed by atoms with Crippen LogP contribution in [-0.2, 0) is 15.8 Å². The van der Waals surface area contributed by atoms with Crippen molar-refractivity contribution in [3.63, 3.8) is 0 Å². The summed E-state index contributed by atoms with van der Waals surface area (Å²) >= 11 is 5.61. The Balaban J connectivity index is 2.66. The SMILES string of the molecule is O=C1NC(=O)N(c2c(Cl)cccc2C(F)(F)F)C1=O. The Morgan fingerprint density at radius 2 is 1.79 bits per heavy atom. The van der Waals surface area contributed by atoms with E-state index in [1.54, 1.807) is 5.32 Å². The van der Waals surface area contributed by atoms with Crippen LogP contribution in [0.1, 0.15) is 5.56 Å². The molecule has 4 amide bonds. The molecule has 0 saturated carbocycles. The van der Waals surface area contributed by atoms with E-state index in [4.69, 9.17) is 11.6 Å². The van der Waals surface area contributed by atoms with E-state index in [1.807, 2.05) is 0 Å². The first-order valence-electron chi connectivity index (χ1n) is 4.78. The summed E-state index contributed by atoms with van der Waals surface area (Å²) < 4.78 is 38.5. The number of carbonyl (C=O) groups is 3. The number of rotatable bonds is 1. The Hall–Kier alpha value is -2.09. The number of anilines is 1. The molecule has 5 nitrogen and oxygen atoms in total. The van der Waals surface area contributed by atoms with Gasteiger partial charge in [0.1, 0.15) is 0 Å². The van der Waals surface area contributed by atoms with E-state index in [0.717, 1.165) is 12.1 Å². The van der Waals surface area contributed by atoms with Crippen LogP contribution in [0.25, 0.3) is 0 Å². The minimum atomic E-state index is -4.83. The first-order valence-corrected chi connectivity index (χ1v) is 5.16. The summed E-state index contributed by atoms with van der Waals surface area (Å²) in [6, 6.07) is 1.49. The van der Waals surface area contributed by atoms with Crippen molar-refractivity contribution in [2.24, 2.45) is 0 Å². The third-order valence-electron chi connectivity index (χ3n) is 2.34. The number of carbonyl (C=O) groups excluding carboxylic acids is 3. The number of amides is 4. The van der Waals surface area contributed by atoms with Crippen LogP contribution in [-0.4, -0.2) is 17.8 Å². The fraction of sp³-hybridized carbons (Fsp3) is 0.100. The molecule has 19 heavy (non-hydrogen) atoms. The van der Waals surface area contributed by atoms with Gasteiger partial charge in [-0.05, 0) is 12.1 Å². The van der Waals surface area contributed by atoms with Crippen molar-refractivity contribution >= 4 is 35.1 Å². The number of nitrogens with one attached hydrogen (secondary N) is 1. The largest absolute Gasteiger partial charge is 0.418 e. The highest BCUT2D eigenvalue weighted by molar-refractivity contribution is 6.54. The van der Waals surface area contributed by atoms with Gasteiger partial charge in [-0.1, -0.05) is 17.7 Å². The molecule has 0 radical (unpaired) electrons. The van der Waals surface area contributed by atoms with E-state index >= 15 is 0 Å². The fourth-order valence-corrected chi connectivity index (χ4v) is 1.83. The van der Waals surface area contributed by atoms with Gasteiger partial charge in [-0.25, -0.2) is 9.69 Å². The molecule has 1 aromatic rings. The molecule has 0 spiro atoms. The van der Waals surface area contributed by atoms with Crippen molar-refractivity contribution < 1.29 is 27.6 Å². The Labute approximate surface area is 108 Å². The zero-order valence-electron chi connectivity index (χ0n) is 8.92. The lowest BCUT2D eigenvalue weighted by molar-refractivity contribution is -0.137. The number of para-hydroxylation sites is 1. The summed E-state index contributed by atoms with van der Waals surface area (Å²) in [5.41, 5.74) is -2.14. The molecule has 0 aromatic heterocycles. The summed E-state index contributed by atoms with van der Waals surface area (Å²) in [7, 11) is 0. The molecule has 0 unspecified atom stereocenters. The van der Waals surface area contributed by atoms with E-state index in [2.05, 4.69) is 0 Å². The maximum Gasteiger partial charge on any atom is 0.418 e. The topological polar surface area (TPSA) is 66.5 Å². The van der Waals surface area contributed by atoms with Gasteiger partial charge in [0.25, 0.3) is 0 Å². The van der Waals surface area contributed by atoms with Crippen LogP contribution in [0.4, 0.5) is 23.7 Å². The Morgan fingerprint density at radius 1 is 1.16 bits per heavy atom. The zero-order chi connectivity index (χ0) is 14.4. The molecule has 1 fully saturated rings. The number of hydrogen-bond donors (Lipinski definition) is 1. The maximum absolute atomic E-state index is 12.8. The lowest BCUT2D eigenvalue weighted by Crippen LogP contribution is -2.33. The highest BCUT2D eigenvalue weighted by Gasteiger charge is 2.44. The van der Waals surface area contributed by atoms with Gasteiger partial charge in [0.2, 0.25) is 0 Å². The van der Waals surface area contributed by atoms with Gasteiger partial charge in [0.05, 0.1) is 16.3 Å². The Morgan fingerprint density at radius 3 is 2.26 bits per heavy atom. The summed E-state index contributed by atoms with van der Waals surface area (Å²) in [6.45, 7) is 0. The van der Waals surface area contributed by atoms with Gasteiger partial charge in [-0.15, -0.1) is 0 Å². The summed E-state index contributed by atoms with van der Waals surface area (Å²) in [4.78, 5) is 33.9. The maximum atomic E-state index is 12.8. The number of alkyl halides is 3. The molecule has 100 valence electrons. The van der Waals surface area contributed by atoms with Gasteiger partial charge in [0, 0.05) is 0 Å². The third-order valence-corrected chi connectivity index (χ3v) is 2.64. The molecule has 1 aliphatic heterocycles. The van der Waals surface area contributed by atoms with Crippen LogP contribution in [0.5, 0.6) is 0 Å². The van der Waals surface area contributed by atoms with Crippen LogP contribution in [0.15, 0.2) is 18.2 Å². The molecule has 1 aromatic carbocycles. The summed E-state index contributed by atoms with van der Waals surface area (Å²) in [5.74, 6) is -2.72. The van der Waals surface area contributed by atoms with Crippen molar-refractivity contribution in [2.45, 2.75) is 6.18 Å². The van der Waals surface area contributed by atoms with Gasteiger partial charge >= 0.3 is 24.0 Å². The average Bonchev–Trinajstić information content (AvgIpc) is 2.52. The second kappa shape index (κ2) is 4.23. The molecule has 1 aliphatic rings. The number of imide groups is 2. The second-order valence-corrected chi connectivity index (χ2v) is 3.94. The van der Waals surface area contributed by atoms with Crippen LogP contribution >= 0.6 is 11.6 Å². The second-order valence-electron chi connectivity index (χ2n) is 3.53. The molecule has 1 saturated heterocycles. The van der Waals surface area contributed by atoms with Gasteiger partial charge < -0.3 is 0 Å². The quantitative estimate of drug-likeness (QED) is 0.635. The molecular weight excluding hydrogens is 289 g/mol. The molecule has 0 atom stereocenters. The minimum Gasteiger partial charge on any atom is -0.269 e. The lowest BCUT2D eigenvalue weighted by atomic mass is 10.1. The predicted molar refractivity (Wildman–Crippen MR) is 57.5 cm³/mol. The average molecular weight is 293 g/mol. The Kier molecular flexibility index (Phi) is 2.97. The monoisotopic (exact) mass is 292 g/mol. The van der Waals surface area contributed by atoms with Crippen LogP contribution in [0, 0.1) is 0 Å². The number of benzene rings is 1. The molecular formula is C10H4ClF3N2O3. The fourth-order valence-electron chi connectivity index (χ4n) is 1.57. The number of hydrogen-bond acceptors (Lipinski definition) is 3. The van der Waals surface area contributed by atoms with E-state index in [-0.39, 0.29) is 4.90 Å². The van der Waals surface area contributed by atoms with Crippen molar-refractivity contribution in [3.8, 4) is 0 Å². The molecule has 0 bridgehead atoms. The van der Waals surface area contributed by atoms with Crippen molar-refractivity contribution in [2.75, 3.05) is 4.90 Å². The highest BCUT2D eigenvalue weighted by atomic mass is 35.5. The van der Waals surface area contributed by atoms with Crippen LogP contribution in [0.3, 0.4) is 0 Å². The molecule has 1 N–H and O–H groups in total. The van der Waals surface area contributed by atoms with Crippen molar-refractivity contribution in [1.29, 1.82) is 0 Å². The van der Waals surface area contributed by atoms with Gasteiger partial charge in [-0.2, -0.15) is 13.2 Å². The summed E-state index contributed by atoms with van der Waals surface area (Å²) in [5, 5.41) is 1.13. The van der Waals surface area contributed by atoms with Gasteiger partial charge in [0.15, 0.2) is 0 Å². The lowest BCUT2D eigenvalue weighted by Gasteiger charge is -2.19. The third kappa shape index (κ3) is 2.14. The van der Waals surface area contributed by atoms with Crippen molar-refractivity contribution in [3.05, 3.63) is 28.8 Å². The van der Waals surface area contributed by atoms with E-state index in [9.17, 15) is 27.6 Å². The predicted octanol–water partition coefficient (Wildman–Crippen LogP) is 1.94. The van der Waals surface area contributed by atoms with E-state index in [0.29, 0.717) is 6.07 Å². The zero-order valence-corrected chi connectivity index (χ0v) is 9.67. The van der Waals surface area contributed by atoms with Crippen molar-refractivity contribution in [1.82, 2.24) is 5.32 Å². The van der Waals surface area contributed by atoms with E-state index < -0.39 is 40.3 Å². The molecule has 2 rings (SSSR count). The molecule has 0 aliphatic carbocycles.